The van der Waals surface area contributed by atoms with Crippen molar-refractivity contribution < 1.29 is 23.9 Å². The number of rotatable bonds is 10. The molecule has 0 radical (unpaired) electrons. The van der Waals surface area contributed by atoms with Gasteiger partial charge in [0, 0.05) is 16.1 Å². The van der Waals surface area contributed by atoms with Crippen molar-refractivity contribution in [1.29, 1.82) is 0 Å². The zero-order valence-electron chi connectivity index (χ0n) is 19.4. The fraction of sp³-hybridized carbons (Fsp3) is 0.148. The summed E-state index contributed by atoms with van der Waals surface area (Å²) in [5.74, 6) is -0.270. The molecule has 0 aliphatic carbocycles. The zero-order chi connectivity index (χ0) is 25.0. The van der Waals surface area contributed by atoms with Gasteiger partial charge in [-0.15, -0.1) is 11.8 Å². The highest BCUT2D eigenvalue weighted by atomic mass is 32.2. The highest BCUT2D eigenvalue weighted by molar-refractivity contribution is 8.00. The SMILES string of the molecule is CCOc1ccc(/C=C(\NC(=O)c2ccccc2)C(=O)Nc2ccc(SCC(=O)OC)cc2)cc1. The number of carbonyl (C=O) groups excluding carboxylic acids is 3. The molecular formula is C27H26N2O5S. The second kappa shape index (κ2) is 13.0. The molecule has 0 aliphatic rings. The van der Waals surface area contributed by atoms with Crippen LogP contribution in [-0.2, 0) is 14.3 Å². The Morgan fingerprint density at radius 3 is 2.23 bits per heavy atom. The van der Waals surface area contributed by atoms with Crippen molar-refractivity contribution in [1.82, 2.24) is 5.32 Å². The van der Waals surface area contributed by atoms with E-state index in [1.807, 2.05) is 13.0 Å². The lowest BCUT2D eigenvalue weighted by Crippen LogP contribution is -2.30. The Hall–Kier alpha value is -4.04. The minimum Gasteiger partial charge on any atom is -0.494 e. The molecule has 0 heterocycles. The van der Waals surface area contributed by atoms with Crippen molar-refractivity contribution in [2.45, 2.75) is 11.8 Å². The van der Waals surface area contributed by atoms with Gasteiger partial charge >= 0.3 is 5.97 Å². The Morgan fingerprint density at radius 2 is 1.60 bits per heavy atom. The van der Waals surface area contributed by atoms with E-state index in [1.54, 1.807) is 78.9 Å². The molecule has 0 saturated heterocycles. The van der Waals surface area contributed by atoms with Crippen LogP contribution < -0.4 is 15.4 Å². The molecule has 35 heavy (non-hydrogen) atoms. The zero-order valence-corrected chi connectivity index (χ0v) is 20.3. The molecule has 0 aliphatic heterocycles. The van der Waals surface area contributed by atoms with Crippen LogP contribution in [0.1, 0.15) is 22.8 Å². The van der Waals surface area contributed by atoms with Crippen LogP contribution in [0.5, 0.6) is 5.75 Å². The molecule has 180 valence electrons. The lowest BCUT2D eigenvalue weighted by atomic mass is 10.1. The molecule has 3 rings (SSSR count). The minimum atomic E-state index is -0.474. The van der Waals surface area contributed by atoms with E-state index in [2.05, 4.69) is 15.4 Å². The van der Waals surface area contributed by atoms with Crippen LogP contribution in [0.25, 0.3) is 6.08 Å². The van der Waals surface area contributed by atoms with E-state index in [-0.39, 0.29) is 17.4 Å². The molecule has 3 aromatic rings. The summed E-state index contributed by atoms with van der Waals surface area (Å²) in [4.78, 5) is 38.0. The summed E-state index contributed by atoms with van der Waals surface area (Å²) in [5.41, 5.74) is 1.79. The van der Waals surface area contributed by atoms with Crippen LogP contribution >= 0.6 is 11.8 Å². The lowest BCUT2D eigenvalue weighted by Gasteiger charge is -2.12. The predicted molar refractivity (Wildman–Crippen MR) is 137 cm³/mol. The number of thioether (sulfide) groups is 1. The molecular weight excluding hydrogens is 464 g/mol. The van der Waals surface area contributed by atoms with Gasteiger partial charge in [0.15, 0.2) is 0 Å². The van der Waals surface area contributed by atoms with Crippen molar-refractivity contribution >= 4 is 41.3 Å². The van der Waals surface area contributed by atoms with Crippen LogP contribution in [0.3, 0.4) is 0 Å². The highest BCUT2D eigenvalue weighted by Gasteiger charge is 2.15. The van der Waals surface area contributed by atoms with Gasteiger partial charge < -0.3 is 20.1 Å². The third kappa shape index (κ3) is 8.04. The van der Waals surface area contributed by atoms with Crippen LogP contribution in [0, 0.1) is 0 Å². The number of hydrogen-bond acceptors (Lipinski definition) is 6. The molecule has 7 nitrogen and oxygen atoms in total. The first-order chi connectivity index (χ1) is 17.0. The first kappa shape index (κ1) is 25.6. The Bertz CT molecular complexity index is 1180. The molecule has 0 fully saturated rings. The predicted octanol–water partition coefficient (Wildman–Crippen LogP) is 4.76. The van der Waals surface area contributed by atoms with Gasteiger partial charge in [-0.05, 0) is 67.1 Å². The van der Waals surface area contributed by atoms with Crippen molar-refractivity contribution in [2.24, 2.45) is 0 Å². The van der Waals surface area contributed by atoms with Crippen LogP contribution in [0.4, 0.5) is 5.69 Å². The molecule has 2 amide bonds. The Balaban J connectivity index is 1.77. The summed E-state index contributed by atoms with van der Waals surface area (Å²) in [5, 5.41) is 5.52. The van der Waals surface area contributed by atoms with Crippen LogP contribution in [0.2, 0.25) is 0 Å². The largest absolute Gasteiger partial charge is 0.494 e. The monoisotopic (exact) mass is 490 g/mol. The van der Waals surface area contributed by atoms with Crippen molar-refractivity contribution in [3.8, 4) is 5.75 Å². The van der Waals surface area contributed by atoms with Crippen molar-refractivity contribution in [3.63, 3.8) is 0 Å². The standard InChI is InChI=1S/C27H26N2O5S/c1-3-34-22-13-9-19(10-14-22)17-24(29-26(31)20-7-5-4-6-8-20)27(32)28-21-11-15-23(16-12-21)35-18-25(30)33-2/h4-17H,3,18H2,1-2H3,(H,28,32)(H,29,31)/b24-17-. The topological polar surface area (TPSA) is 93.7 Å². The normalized spacial score (nSPS) is 10.9. The quantitative estimate of drug-likeness (QED) is 0.242. The molecule has 0 bridgehead atoms. The number of hydrogen-bond donors (Lipinski definition) is 2. The number of nitrogens with one attached hydrogen (secondary N) is 2. The lowest BCUT2D eigenvalue weighted by molar-refractivity contribution is -0.137. The maximum Gasteiger partial charge on any atom is 0.315 e. The number of methoxy groups -OCH3 is 1. The molecule has 0 spiro atoms. The minimum absolute atomic E-state index is 0.0900. The van der Waals surface area contributed by atoms with Gasteiger partial charge in [-0.2, -0.15) is 0 Å². The summed E-state index contributed by atoms with van der Waals surface area (Å²) < 4.78 is 10.1. The number of carbonyl (C=O) groups is 3. The van der Waals surface area contributed by atoms with Gasteiger partial charge in [0.25, 0.3) is 11.8 Å². The average molecular weight is 491 g/mol. The molecule has 3 aromatic carbocycles. The third-order valence-corrected chi connectivity index (χ3v) is 5.71. The fourth-order valence-electron chi connectivity index (χ4n) is 2.97. The first-order valence-electron chi connectivity index (χ1n) is 10.9. The van der Waals surface area contributed by atoms with Crippen molar-refractivity contribution in [2.75, 3.05) is 24.8 Å². The molecule has 0 saturated carbocycles. The van der Waals surface area contributed by atoms with Gasteiger partial charge in [0.2, 0.25) is 0 Å². The van der Waals surface area contributed by atoms with Crippen molar-refractivity contribution in [3.05, 3.63) is 95.7 Å². The first-order valence-corrected chi connectivity index (χ1v) is 11.9. The second-order valence-electron chi connectivity index (χ2n) is 7.22. The van der Waals surface area contributed by atoms with E-state index in [9.17, 15) is 14.4 Å². The van der Waals surface area contributed by atoms with Gasteiger partial charge in [0.1, 0.15) is 11.4 Å². The summed E-state index contributed by atoms with van der Waals surface area (Å²) in [7, 11) is 1.34. The number of amides is 2. The third-order valence-electron chi connectivity index (χ3n) is 4.73. The highest BCUT2D eigenvalue weighted by Crippen LogP contribution is 2.21. The summed E-state index contributed by atoms with van der Waals surface area (Å²) in [6.07, 6.45) is 1.60. The van der Waals surface area contributed by atoms with Crippen LogP contribution in [0.15, 0.2) is 89.5 Å². The summed E-state index contributed by atoms with van der Waals surface area (Å²) >= 11 is 1.33. The number of ether oxygens (including phenoxy) is 2. The smallest absolute Gasteiger partial charge is 0.315 e. The summed E-state index contributed by atoms with van der Waals surface area (Å²) in [6, 6.07) is 22.9. The Morgan fingerprint density at radius 1 is 0.914 bits per heavy atom. The maximum absolute atomic E-state index is 13.1. The fourth-order valence-corrected chi connectivity index (χ4v) is 3.70. The number of benzene rings is 3. The van der Waals surface area contributed by atoms with Crippen LogP contribution in [-0.4, -0.2) is 37.3 Å². The average Bonchev–Trinajstić information content (AvgIpc) is 2.89. The number of esters is 1. The maximum atomic E-state index is 13.1. The molecule has 0 atom stereocenters. The van der Waals surface area contributed by atoms with Gasteiger partial charge in [-0.1, -0.05) is 30.3 Å². The molecule has 0 unspecified atom stereocenters. The Kier molecular flexibility index (Phi) is 9.50. The van der Waals surface area contributed by atoms with E-state index < -0.39 is 11.8 Å². The Labute approximate surface area is 208 Å². The molecule has 8 heteroatoms. The molecule has 2 N–H and O–H groups in total. The van der Waals surface area contributed by atoms with Gasteiger partial charge in [-0.3, -0.25) is 14.4 Å². The number of anilines is 1. The van der Waals surface area contributed by atoms with Gasteiger partial charge in [0.05, 0.1) is 19.5 Å². The van der Waals surface area contributed by atoms with E-state index in [0.29, 0.717) is 23.6 Å². The van der Waals surface area contributed by atoms with E-state index >= 15 is 0 Å². The van der Waals surface area contributed by atoms with E-state index in [0.717, 1.165) is 10.5 Å². The van der Waals surface area contributed by atoms with Gasteiger partial charge in [-0.25, -0.2) is 0 Å². The summed E-state index contributed by atoms with van der Waals surface area (Å²) in [6.45, 7) is 2.45. The van der Waals surface area contributed by atoms with E-state index in [4.69, 9.17) is 4.74 Å². The molecule has 0 aromatic heterocycles. The van der Waals surface area contributed by atoms with E-state index in [1.165, 1.54) is 18.9 Å². The second-order valence-corrected chi connectivity index (χ2v) is 8.27.